The summed E-state index contributed by atoms with van der Waals surface area (Å²) in [4.78, 5) is 47.3. The number of furan rings is 1. The van der Waals surface area contributed by atoms with Crippen molar-refractivity contribution in [1.82, 2.24) is 15.1 Å². The van der Waals surface area contributed by atoms with Crippen LogP contribution in [0.4, 0.5) is 16.2 Å². The average molecular weight is 531 g/mol. The van der Waals surface area contributed by atoms with Gasteiger partial charge in [0.15, 0.2) is 0 Å². The SMILES string of the molecule is Cc1cc2cc(NC(=NC3CCCCN(CC(=O)N4CCCC4)C3=O)NC(=O)Nc3ccccc3)ccc2o1. The second-order valence-corrected chi connectivity index (χ2v) is 10.0. The number of nitrogens with one attached hydrogen (secondary N) is 3. The van der Waals surface area contributed by atoms with Crippen LogP contribution in [-0.4, -0.2) is 65.8 Å². The van der Waals surface area contributed by atoms with Crippen LogP contribution in [0.5, 0.6) is 0 Å². The first-order valence-corrected chi connectivity index (χ1v) is 13.5. The molecule has 10 heteroatoms. The third-order valence-electron chi connectivity index (χ3n) is 6.99. The Hall–Kier alpha value is -4.34. The first-order valence-electron chi connectivity index (χ1n) is 13.5. The van der Waals surface area contributed by atoms with Crippen LogP contribution in [0.2, 0.25) is 0 Å². The summed E-state index contributed by atoms with van der Waals surface area (Å²) in [6, 6.07) is 15.4. The van der Waals surface area contributed by atoms with Gasteiger partial charge in [-0.3, -0.25) is 14.9 Å². The highest BCUT2D eigenvalue weighted by Crippen LogP contribution is 2.23. The van der Waals surface area contributed by atoms with Gasteiger partial charge in [-0.05, 0) is 75.4 Å². The number of likely N-dealkylation sites (tertiary alicyclic amines) is 2. The van der Waals surface area contributed by atoms with Gasteiger partial charge in [-0.1, -0.05) is 18.2 Å². The zero-order valence-electron chi connectivity index (χ0n) is 22.1. The van der Waals surface area contributed by atoms with E-state index in [0.29, 0.717) is 24.3 Å². The van der Waals surface area contributed by atoms with E-state index in [-0.39, 0.29) is 24.3 Å². The lowest BCUT2D eigenvalue weighted by Gasteiger charge is -2.25. The van der Waals surface area contributed by atoms with Crippen molar-refractivity contribution in [3.63, 3.8) is 0 Å². The minimum Gasteiger partial charge on any atom is -0.461 e. The minimum absolute atomic E-state index is 0.0205. The van der Waals surface area contributed by atoms with E-state index in [0.717, 1.165) is 55.5 Å². The summed E-state index contributed by atoms with van der Waals surface area (Å²) in [6.07, 6.45) is 4.12. The Morgan fingerprint density at radius 3 is 2.51 bits per heavy atom. The standard InChI is InChI=1S/C29H34N6O4/c1-20-17-21-18-23(12-13-25(21)39-20)30-28(33-29(38)31-22-9-3-2-4-10-22)32-24-11-5-6-16-35(27(24)37)19-26(36)34-14-7-8-15-34/h2-4,9-10,12-13,17-18,24H,5-8,11,14-16,19H2,1H3,(H3,30,31,32,33,38). The molecule has 2 aromatic carbocycles. The Morgan fingerprint density at radius 1 is 0.949 bits per heavy atom. The molecule has 0 saturated carbocycles. The molecular formula is C29H34N6O4. The predicted octanol–water partition coefficient (Wildman–Crippen LogP) is 4.33. The number of hydrogen-bond acceptors (Lipinski definition) is 5. The fraction of sp³-hybridized carbons (Fsp3) is 0.379. The number of nitrogens with zero attached hydrogens (tertiary/aromatic N) is 3. The van der Waals surface area contributed by atoms with Gasteiger partial charge in [0.1, 0.15) is 17.4 Å². The molecule has 1 unspecified atom stereocenters. The second-order valence-electron chi connectivity index (χ2n) is 10.0. The topological polar surface area (TPSA) is 119 Å². The van der Waals surface area contributed by atoms with E-state index >= 15 is 0 Å². The molecule has 2 saturated heterocycles. The van der Waals surface area contributed by atoms with Gasteiger partial charge in [0, 0.05) is 36.4 Å². The largest absolute Gasteiger partial charge is 0.461 e. The van der Waals surface area contributed by atoms with E-state index in [2.05, 4.69) is 20.9 Å². The molecule has 0 spiro atoms. The number of para-hydroxylation sites is 1. The number of amides is 4. The molecule has 3 heterocycles. The molecule has 2 fully saturated rings. The minimum atomic E-state index is -0.724. The van der Waals surface area contributed by atoms with Gasteiger partial charge in [0.25, 0.3) is 0 Å². The normalized spacial score (nSPS) is 18.2. The molecule has 0 aliphatic carbocycles. The number of guanidine groups is 1. The maximum atomic E-state index is 13.5. The molecule has 3 aromatic rings. The quantitative estimate of drug-likeness (QED) is 0.335. The Labute approximate surface area is 227 Å². The number of fused-ring (bicyclic) bond motifs is 1. The summed E-state index contributed by atoms with van der Waals surface area (Å²) in [5.74, 6) is 0.719. The van der Waals surface area contributed by atoms with Crippen LogP contribution < -0.4 is 16.0 Å². The Morgan fingerprint density at radius 2 is 1.72 bits per heavy atom. The molecule has 1 atom stereocenters. The van der Waals surface area contributed by atoms with Gasteiger partial charge in [-0.15, -0.1) is 0 Å². The summed E-state index contributed by atoms with van der Waals surface area (Å²) in [5, 5.41) is 9.64. The zero-order chi connectivity index (χ0) is 27.2. The third-order valence-corrected chi connectivity index (χ3v) is 6.99. The number of benzene rings is 2. The van der Waals surface area contributed by atoms with Crippen LogP contribution in [0.3, 0.4) is 0 Å². The lowest BCUT2D eigenvalue weighted by atomic mass is 10.1. The van der Waals surface area contributed by atoms with Crippen molar-refractivity contribution in [2.75, 3.05) is 36.8 Å². The molecular weight excluding hydrogens is 496 g/mol. The highest BCUT2D eigenvalue weighted by molar-refractivity contribution is 6.08. The van der Waals surface area contributed by atoms with Crippen molar-refractivity contribution < 1.29 is 18.8 Å². The number of aryl methyl sites for hydroxylation is 1. The van der Waals surface area contributed by atoms with Gasteiger partial charge in [-0.2, -0.15) is 0 Å². The molecule has 4 amide bonds. The lowest BCUT2D eigenvalue weighted by Crippen LogP contribution is -2.46. The van der Waals surface area contributed by atoms with Gasteiger partial charge in [-0.25, -0.2) is 9.79 Å². The molecule has 1 aromatic heterocycles. The Bertz CT molecular complexity index is 1360. The fourth-order valence-corrected chi connectivity index (χ4v) is 5.02. The van der Waals surface area contributed by atoms with Crippen molar-refractivity contribution in [2.45, 2.75) is 45.1 Å². The molecule has 0 bridgehead atoms. The summed E-state index contributed by atoms with van der Waals surface area (Å²) < 4.78 is 5.67. The first kappa shape index (κ1) is 26.3. The molecule has 2 aliphatic rings. The predicted molar refractivity (Wildman–Crippen MR) is 151 cm³/mol. The number of urea groups is 1. The number of aliphatic imine (C=N–C) groups is 1. The summed E-state index contributed by atoms with van der Waals surface area (Å²) in [6.45, 7) is 3.96. The van der Waals surface area contributed by atoms with Gasteiger partial charge < -0.3 is 24.9 Å². The Kier molecular flexibility index (Phi) is 8.10. The van der Waals surface area contributed by atoms with Crippen molar-refractivity contribution >= 4 is 46.1 Å². The molecule has 39 heavy (non-hydrogen) atoms. The molecule has 10 nitrogen and oxygen atoms in total. The number of rotatable bonds is 5. The highest BCUT2D eigenvalue weighted by atomic mass is 16.3. The second kappa shape index (κ2) is 12.0. The summed E-state index contributed by atoms with van der Waals surface area (Å²) in [7, 11) is 0. The van der Waals surface area contributed by atoms with Crippen LogP contribution in [0, 0.1) is 6.92 Å². The number of anilines is 2. The smallest absolute Gasteiger partial charge is 0.325 e. The van der Waals surface area contributed by atoms with Crippen LogP contribution in [0.1, 0.15) is 37.9 Å². The zero-order valence-corrected chi connectivity index (χ0v) is 22.1. The number of carbonyl (C=O) groups is 3. The number of carbonyl (C=O) groups excluding carboxylic acids is 3. The Balaban J connectivity index is 1.36. The van der Waals surface area contributed by atoms with E-state index in [1.165, 1.54) is 0 Å². The van der Waals surface area contributed by atoms with Crippen LogP contribution in [0.15, 0.2) is 64.0 Å². The van der Waals surface area contributed by atoms with E-state index in [9.17, 15) is 14.4 Å². The highest BCUT2D eigenvalue weighted by Gasteiger charge is 2.30. The van der Waals surface area contributed by atoms with Gasteiger partial charge in [0.2, 0.25) is 17.8 Å². The van der Waals surface area contributed by atoms with Crippen molar-refractivity contribution in [1.29, 1.82) is 0 Å². The summed E-state index contributed by atoms with van der Waals surface area (Å²) in [5.41, 5.74) is 2.06. The van der Waals surface area contributed by atoms with E-state index in [1.54, 1.807) is 17.0 Å². The van der Waals surface area contributed by atoms with Crippen LogP contribution in [0.25, 0.3) is 11.0 Å². The van der Waals surface area contributed by atoms with E-state index in [4.69, 9.17) is 4.42 Å². The van der Waals surface area contributed by atoms with Gasteiger partial charge in [0.05, 0.1) is 6.54 Å². The van der Waals surface area contributed by atoms with Gasteiger partial charge >= 0.3 is 6.03 Å². The molecule has 2 aliphatic heterocycles. The fourth-order valence-electron chi connectivity index (χ4n) is 5.02. The van der Waals surface area contributed by atoms with E-state index in [1.807, 2.05) is 54.3 Å². The molecule has 5 rings (SSSR count). The van der Waals surface area contributed by atoms with Crippen LogP contribution >= 0.6 is 0 Å². The molecule has 0 radical (unpaired) electrons. The molecule has 204 valence electrons. The van der Waals surface area contributed by atoms with Crippen molar-refractivity contribution in [3.05, 3.63) is 60.4 Å². The third kappa shape index (κ3) is 6.76. The van der Waals surface area contributed by atoms with Crippen molar-refractivity contribution in [3.8, 4) is 0 Å². The van der Waals surface area contributed by atoms with E-state index < -0.39 is 12.1 Å². The average Bonchev–Trinajstić information content (AvgIpc) is 3.55. The maximum absolute atomic E-state index is 13.5. The van der Waals surface area contributed by atoms with Crippen LogP contribution in [-0.2, 0) is 9.59 Å². The summed E-state index contributed by atoms with van der Waals surface area (Å²) >= 11 is 0. The number of hydrogen-bond donors (Lipinski definition) is 3. The molecule has 3 N–H and O–H groups in total. The first-order chi connectivity index (χ1) is 18.9. The monoisotopic (exact) mass is 530 g/mol. The lowest BCUT2D eigenvalue weighted by molar-refractivity contribution is -0.140. The van der Waals surface area contributed by atoms with Crippen molar-refractivity contribution in [2.24, 2.45) is 4.99 Å². The maximum Gasteiger partial charge on any atom is 0.325 e.